The Morgan fingerprint density at radius 1 is 1.35 bits per heavy atom. The Labute approximate surface area is 108 Å². The van der Waals surface area contributed by atoms with Crippen LogP contribution in [0.3, 0.4) is 0 Å². The molecule has 0 N–H and O–H groups in total. The summed E-state index contributed by atoms with van der Waals surface area (Å²) in [6.07, 6.45) is 0.679. The number of hydrogen-bond donors (Lipinski definition) is 0. The summed E-state index contributed by atoms with van der Waals surface area (Å²) in [6, 6.07) is -0.0710. The Kier molecular flexibility index (Phi) is 4.80. The average molecular weight is 261 g/mol. The lowest BCUT2D eigenvalue weighted by Gasteiger charge is -2.33. The fourth-order valence-electron chi connectivity index (χ4n) is 1.90. The lowest BCUT2D eigenvalue weighted by Crippen LogP contribution is -2.44. The second-order valence-electron chi connectivity index (χ2n) is 4.69. The number of nitrogens with zero attached hydrogens (tertiary/aromatic N) is 2. The van der Waals surface area contributed by atoms with Crippen LogP contribution in [0.25, 0.3) is 0 Å². The number of halogens is 1. The molecule has 17 heavy (non-hydrogen) atoms. The molecule has 0 aliphatic carbocycles. The Bertz CT molecular complexity index is 328. The van der Waals surface area contributed by atoms with E-state index < -0.39 is 5.54 Å². The van der Waals surface area contributed by atoms with Crippen LogP contribution >= 0.6 is 11.6 Å². The van der Waals surface area contributed by atoms with Crippen molar-refractivity contribution < 1.29 is 9.47 Å². The summed E-state index contributed by atoms with van der Waals surface area (Å²) in [5.41, 5.74) is -0.507. The molecule has 1 aliphatic rings. The SMILES string of the molecule is COC1=N[C@@](C)(CCCl)C(OC)=NC1C(C)C. The molecule has 98 valence electrons. The van der Waals surface area contributed by atoms with Crippen molar-refractivity contribution in [3.63, 3.8) is 0 Å². The van der Waals surface area contributed by atoms with Crippen molar-refractivity contribution in [1.29, 1.82) is 0 Å². The predicted molar refractivity (Wildman–Crippen MR) is 71.3 cm³/mol. The topological polar surface area (TPSA) is 43.2 Å². The lowest BCUT2D eigenvalue weighted by molar-refractivity contribution is 0.308. The summed E-state index contributed by atoms with van der Waals surface area (Å²) in [6.45, 7) is 6.13. The van der Waals surface area contributed by atoms with Gasteiger partial charge < -0.3 is 9.47 Å². The van der Waals surface area contributed by atoms with E-state index in [2.05, 4.69) is 23.8 Å². The van der Waals surface area contributed by atoms with Gasteiger partial charge >= 0.3 is 0 Å². The van der Waals surface area contributed by atoms with Crippen LogP contribution in [0.1, 0.15) is 27.2 Å². The minimum atomic E-state index is -0.507. The normalized spacial score (nSPS) is 28.8. The van der Waals surface area contributed by atoms with Crippen LogP contribution in [0.15, 0.2) is 9.98 Å². The van der Waals surface area contributed by atoms with Crippen LogP contribution in [-0.4, -0.2) is 43.5 Å². The Morgan fingerprint density at radius 2 is 2.00 bits per heavy atom. The predicted octanol–water partition coefficient (Wildman–Crippen LogP) is 2.50. The van der Waals surface area contributed by atoms with Gasteiger partial charge in [0.15, 0.2) is 0 Å². The zero-order chi connectivity index (χ0) is 13.1. The number of methoxy groups -OCH3 is 2. The van der Waals surface area contributed by atoms with E-state index in [4.69, 9.17) is 21.1 Å². The molecule has 1 rings (SSSR count). The van der Waals surface area contributed by atoms with Gasteiger partial charge in [-0.15, -0.1) is 11.6 Å². The molecule has 4 nitrogen and oxygen atoms in total. The summed E-state index contributed by atoms with van der Waals surface area (Å²) in [4.78, 5) is 9.23. The van der Waals surface area contributed by atoms with Gasteiger partial charge in [0.1, 0.15) is 11.6 Å². The monoisotopic (exact) mass is 260 g/mol. The van der Waals surface area contributed by atoms with Crippen molar-refractivity contribution in [2.45, 2.75) is 38.8 Å². The fraction of sp³-hybridized carbons (Fsp3) is 0.833. The Balaban J connectivity index is 3.10. The van der Waals surface area contributed by atoms with E-state index in [1.165, 1.54) is 0 Å². The zero-order valence-electron chi connectivity index (χ0n) is 11.2. The second-order valence-corrected chi connectivity index (χ2v) is 5.07. The van der Waals surface area contributed by atoms with Crippen molar-refractivity contribution in [2.75, 3.05) is 20.1 Å². The van der Waals surface area contributed by atoms with E-state index in [0.717, 1.165) is 0 Å². The molecule has 1 heterocycles. The van der Waals surface area contributed by atoms with Crippen LogP contribution in [0.2, 0.25) is 0 Å². The van der Waals surface area contributed by atoms with Crippen molar-refractivity contribution >= 4 is 23.4 Å². The van der Waals surface area contributed by atoms with Gasteiger partial charge in [-0.1, -0.05) is 13.8 Å². The summed E-state index contributed by atoms with van der Waals surface area (Å²) < 4.78 is 10.7. The number of alkyl halides is 1. The van der Waals surface area contributed by atoms with Crippen LogP contribution in [0.4, 0.5) is 0 Å². The van der Waals surface area contributed by atoms with Crippen LogP contribution in [-0.2, 0) is 9.47 Å². The fourth-order valence-corrected chi connectivity index (χ4v) is 2.27. The summed E-state index contributed by atoms with van der Waals surface area (Å²) in [5.74, 6) is 2.12. The molecule has 0 aromatic carbocycles. The molecule has 0 radical (unpaired) electrons. The molecule has 0 aromatic heterocycles. The quantitative estimate of drug-likeness (QED) is 0.732. The lowest BCUT2D eigenvalue weighted by atomic mass is 9.95. The van der Waals surface area contributed by atoms with Gasteiger partial charge in [-0.25, -0.2) is 9.98 Å². The van der Waals surface area contributed by atoms with Gasteiger partial charge in [0, 0.05) is 5.88 Å². The van der Waals surface area contributed by atoms with Crippen molar-refractivity contribution in [3.8, 4) is 0 Å². The van der Waals surface area contributed by atoms with Crippen molar-refractivity contribution in [1.82, 2.24) is 0 Å². The third-order valence-corrected chi connectivity index (χ3v) is 3.13. The molecule has 0 saturated carbocycles. The van der Waals surface area contributed by atoms with Crippen LogP contribution < -0.4 is 0 Å². The standard InChI is InChI=1S/C12H21ClN2O2/c1-8(2)9-10(16-4)15-12(3,6-7-13)11(14-9)17-5/h8-9H,6-7H2,1-5H3/t9?,12-/m0/s1. The van der Waals surface area contributed by atoms with E-state index >= 15 is 0 Å². The van der Waals surface area contributed by atoms with Gasteiger partial charge in [-0.2, -0.15) is 0 Å². The summed E-state index contributed by atoms with van der Waals surface area (Å²) in [5, 5.41) is 0. The van der Waals surface area contributed by atoms with E-state index in [1.807, 2.05) is 6.92 Å². The van der Waals surface area contributed by atoms with Gasteiger partial charge in [0.25, 0.3) is 0 Å². The van der Waals surface area contributed by atoms with Gasteiger partial charge in [0.05, 0.1) is 14.2 Å². The molecule has 0 amide bonds. The molecule has 2 atom stereocenters. The first-order valence-electron chi connectivity index (χ1n) is 5.80. The summed E-state index contributed by atoms with van der Waals surface area (Å²) >= 11 is 5.82. The number of hydrogen-bond acceptors (Lipinski definition) is 4. The maximum Gasteiger partial charge on any atom is 0.212 e. The summed E-state index contributed by atoms with van der Waals surface area (Å²) in [7, 11) is 3.25. The molecule has 1 aliphatic heterocycles. The van der Waals surface area contributed by atoms with Gasteiger partial charge in [-0.3, -0.25) is 0 Å². The minimum absolute atomic E-state index is 0.0710. The molecule has 5 heteroatoms. The first-order valence-corrected chi connectivity index (χ1v) is 6.34. The van der Waals surface area contributed by atoms with Crippen molar-refractivity contribution in [2.24, 2.45) is 15.9 Å². The third-order valence-electron chi connectivity index (χ3n) is 2.94. The van der Waals surface area contributed by atoms with Crippen molar-refractivity contribution in [3.05, 3.63) is 0 Å². The third kappa shape index (κ3) is 2.92. The number of aliphatic imine (C=N–C) groups is 2. The highest BCUT2D eigenvalue weighted by molar-refractivity contribution is 6.18. The molecule has 0 aromatic rings. The first-order chi connectivity index (χ1) is 7.98. The van der Waals surface area contributed by atoms with E-state index in [0.29, 0.717) is 30.0 Å². The Hall–Kier alpha value is -0.770. The minimum Gasteiger partial charge on any atom is -0.483 e. The van der Waals surface area contributed by atoms with E-state index in [1.54, 1.807) is 14.2 Å². The Morgan fingerprint density at radius 3 is 2.41 bits per heavy atom. The highest BCUT2D eigenvalue weighted by atomic mass is 35.5. The maximum absolute atomic E-state index is 5.82. The average Bonchev–Trinajstić information content (AvgIpc) is 2.28. The zero-order valence-corrected chi connectivity index (χ0v) is 11.9. The van der Waals surface area contributed by atoms with Gasteiger partial charge in [0.2, 0.25) is 11.8 Å². The van der Waals surface area contributed by atoms with Gasteiger partial charge in [-0.05, 0) is 19.3 Å². The molecule has 0 bridgehead atoms. The molecular weight excluding hydrogens is 240 g/mol. The molecule has 0 saturated heterocycles. The highest BCUT2D eigenvalue weighted by Gasteiger charge is 2.39. The maximum atomic E-state index is 5.82. The van der Waals surface area contributed by atoms with E-state index in [-0.39, 0.29) is 6.04 Å². The largest absolute Gasteiger partial charge is 0.483 e. The smallest absolute Gasteiger partial charge is 0.212 e. The number of rotatable bonds is 3. The number of ether oxygens (including phenoxy) is 2. The van der Waals surface area contributed by atoms with Crippen LogP contribution in [0.5, 0.6) is 0 Å². The molecule has 1 unspecified atom stereocenters. The molecule has 0 fully saturated rings. The molecular formula is C12H21ClN2O2. The highest BCUT2D eigenvalue weighted by Crippen LogP contribution is 2.27. The second kappa shape index (κ2) is 5.71. The van der Waals surface area contributed by atoms with E-state index in [9.17, 15) is 0 Å². The van der Waals surface area contributed by atoms with Crippen LogP contribution in [0, 0.1) is 5.92 Å². The molecule has 0 spiro atoms. The first kappa shape index (κ1) is 14.3.